The topological polar surface area (TPSA) is 72.5 Å². The summed E-state index contributed by atoms with van der Waals surface area (Å²) in [6.07, 6.45) is -0.196. The number of amides is 1. The highest BCUT2D eigenvalue weighted by Crippen LogP contribution is 2.15. The van der Waals surface area contributed by atoms with Crippen LogP contribution >= 0.6 is 0 Å². The van der Waals surface area contributed by atoms with Crippen molar-refractivity contribution in [2.75, 3.05) is 5.32 Å². The number of para-hydroxylation sites is 1. The zero-order valence-corrected chi connectivity index (χ0v) is 12.0. The maximum atomic E-state index is 12.0. The van der Waals surface area contributed by atoms with E-state index in [0.717, 1.165) is 0 Å². The second-order valence-electron chi connectivity index (χ2n) is 4.71. The van der Waals surface area contributed by atoms with Crippen molar-refractivity contribution in [2.45, 2.75) is 13.3 Å². The largest absolute Gasteiger partial charge is 0.423 e. The molecule has 0 spiro atoms. The molecule has 2 aromatic rings. The third-order valence-corrected chi connectivity index (χ3v) is 2.75. The molecule has 22 heavy (non-hydrogen) atoms. The van der Waals surface area contributed by atoms with Crippen LogP contribution in [0.2, 0.25) is 0 Å². The van der Waals surface area contributed by atoms with Crippen LogP contribution in [0.4, 0.5) is 5.69 Å². The van der Waals surface area contributed by atoms with Gasteiger partial charge in [-0.2, -0.15) is 0 Å². The van der Waals surface area contributed by atoms with Crippen molar-refractivity contribution in [3.63, 3.8) is 0 Å². The number of ether oxygens (including phenoxy) is 1. The number of hydrogen-bond acceptors (Lipinski definition) is 4. The van der Waals surface area contributed by atoms with Gasteiger partial charge in [-0.25, -0.2) is 4.79 Å². The minimum atomic E-state index is -0.520. The zero-order valence-electron chi connectivity index (χ0n) is 12.0. The van der Waals surface area contributed by atoms with E-state index in [0.29, 0.717) is 17.0 Å². The molecule has 0 saturated carbocycles. The Bertz CT molecular complexity index is 695. The lowest BCUT2D eigenvalue weighted by Crippen LogP contribution is -2.15. The molecule has 0 unspecified atom stereocenters. The highest BCUT2D eigenvalue weighted by molar-refractivity contribution is 6.04. The molecular formula is C17H15NO4. The van der Waals surface area contributed by atoms with Crippen LogP contribution < -0.4 is 10.1 Å². The highest BCUT2D eigenvalue weighted by atomic mass is 16.5. The lowest BCUT2D eigenvalue weighted by Gasteiger charge is -2.07. The number of nitrogens with one attached hydrogen (secondary N) is 1. The third-order valence-electron chi connectivity index (χ3n) is 2.75. The molecule has 0 aromatic heterocycles. The van der Waals surface area contributed by atoms with Gasteiger partial charge >= 0.3 is 5.97 Å². The van der Waals surface area contributed by atoms with Gasteiger partial charge in [-0.1, -0.05) is 24.3 Å². The first-order valence-corrected chi connectivity index (χ1v) is 6.71. The summed E-state index contributed by atoms with van der Waals surface area (Å²) in [5.74, 6) is -0.717. The number of anilines is 1. The van der Waals surface area contributed by atoms with Gasteiger partial charge in [0, 0.05) is 5.69 Å². The van der Waals surface area contributed by atoms with E-state index in [1.165, 1.54) is 13.0 Å². The lowest BCUT2D eigenvalue weighted by atomic mass is 10.2. The van der Waals surface area contributed by atoms with Crippen LogP contribution in [-0.4, -0.2) is 17.7 Å². The first-order chi connectivity index (χ1) is 10.5. The zero-order chi connectivity index (χ0) is 15.9. The number of rotatable bonds is 5. The van der Waals surface area contributed by atoms with Gasteiger partial charge in [0.1, 0.15) is 11.5 Å². The maximum absolute atomic E-state index is 12.0. The standard InChI is InChI=1S/C17H15NO4/c1-12(19)10-16(20)18-14-7-5-6-13(11-14)17(21)22-15-8-3-2-4-9-15/h2-9,11H,10H2,1H3,(H,18,20). The highest BCUT2D eigenvalue weighted by Gasteiger charge is 2.11. The Hall–Kier alpha value is -2.95. The number of Topliss-reactive ketones (excluding diaryl/α,β-unsaturated/α-hetero) is 1. The van der Waals surface area contributed by atoms with Gasteiger partial charge in [0.2, 0.25) is 5.91 Å². The van der Waals surface area contributed by atoms with E-state index in [9.17, 15) is 14.4 Å². The monoisotopic (exact) mass is 297 g/mol. The molecule has 2 aromatic carbocycles. The minimum absolute atomic E-state index is 0.196. The molecule has 112 valence electrons. The van der Waals surface area contributed by atoms with Gasteiger partial charge in [-0.3, -0.25) is 9.59 Å². The molecule has 0 atom stereocenters. The summed E-state index contributed by atoms with van der Waals surface area (Å²) in [4.78, 5) is 34.5. The molecule has 0 radical (unpaired) electrons. The summed E-state index contributed by atoms with van der Waals surface area (Å²) in [5, 5.41) is 2.56. The van der Waals surface area contributed by atoms with Gasteiger partial charge in [0.25, 0.3) is 0 Å². The summed E-state index contributed by atoms with van der Waals surface area (Å²) in [6, 6.07) is 15.1. The third kappa shape index (κ3) is 4.56. The maximum Gasteiger partial charge on any atom is 0.343 e. The number of esters is 1. The number of benzene rings is 2. The summed E-state index contributed by atoms with van der Waals surface area (Å²) in [5.41, 5.74) is 0.748. The van der Waals surface area contributed by atoms with E-state index in [1.807, 2.05) is 6.07 Å². The fraction of sp³-hybridized carbons (Fsp3) is 0.118. The lowest BCUT2D eigenvalue weighted by molar-refractivity contribution is -0.124. The normalized spacial score (nSPS) is 9.86. The van der Waals surface area contributed by atoms with E-state index < -0.39 is 11.9 Å². The van der Waals surface area contributed by atoms with Crippen LogP contribution in [0, 0.1) is 0 Å². The van der Waals surface area contributed by atoms with E-state index in [4.69, 9.17) is 4.74 Å². The fourth-order valence-corrected chi connectivity index (χ4v) is 1.81. The van der Waals surface area contributed by atoms with Gasteiger partial charge in [0.15, 0.2) is 0 Å². The molecule has 0 aliphatic carbocycles. The van der Waals surface area contributed by atoms with Crippen LogP contribution in [0.5, 0.6) is 5.75 Å². The van der Waals surface area contributed by atoms with Crippen LogP contribution in [0.1, 0.15) is 23.7 Å². The molecule has 1 N–H and O–H groups in total. The van der Waals surface area contributed by atoms with Crippen molar-refractivity contribution in [1.29, 1.82) is 0 Å². The molecule has 0 heterocycles. The van der Waals surface area contributed by atoms with Crippen LogP contribution in [0.25, 0.3) is 0 Å². The summed E-state index contributed by atoms with van der Waals surface area (Å²) in [7, 11) is 0. The first-order valence-electron chi connectivity index (χ1n) is 6.71. The smallest absolute Gasteiger partial charge is 0.343 e. The number of carbonyl (C=O) groups excluding carboxylic acids is 3. The Morgan fingerprint density at radius 2 is 1.73 bits per heavy atom. The Morgan fingerprint density at radius 3 is 2.41 bits per heavy atom. The van der Waals surface area contributed by atoms with Gasteiger partial charge in [0.05, 0.1) is 12.0 Å². The fourth-order valence-electron chi connectivity index (χ4n) is 1.81. The molecule has 5 heteroatoms. The Balaban J connectivity index is 2.06. The second-order valence-corrected chi connectivity index (χ2v) is 4.71. The van der Waals surface area contributed by atoms with E-state index in [2.05, 4.69) is 5.32 Å². The van der Waals surface area contributed by atoms with E-state index in [1.54, 1.807) is 42.5 Å². The number of ketones is 1. The molecule has 0 saturated heterocycles. The van der Waals surface area contributed by atoms with Crippen molar-refractivity contribution in [3.05, 3.63) is 60.2 Å². The van der Waals surface area contributed by atoms with Crippen molar-refractivity contribution in [3.8, 4) is 5.75 Å². The van der Waals surface area contributed by atoms with Gasteiger partial charge < -0.3 is 10.1 Å². The first kappa shape index (κ1) is 15.4. The summed E-state index contributed by atoms with van der Waals surface area (Å²) < 4.78 is 5.22. The Morgan fingerprint density at radius 1 is 1.00 bits per heavy atom. The molecule has 0 aliphatic rings. The van der Waals surface area contributed by atoms with Crippen molar-refractivity contribution < 1.29 is 19.1 Å². The molecule has 0 bridgehead atoms. The second kappa shape index (κ2) is 7.17. The average Bonchev–Trinajstić information content (AvgIpc) is 2.47. The SMILES string of the molecule is CC(=O)CC(=O)Nc1cccc(C(=O)Oc2ccccc2)c1. The van der Waals surface area contributed by atoms with Gasteiger partial charge in [-0.05, 0) is 37.3 Å². The van der Waals surface area contributed by atoms with Gasteiger partial charge in [-0.15, -0.1) is 0 Å². The molecule has 0 aliphatic heterocycles. The molecule has 0 fully saturated rings. The molecule has 1 amide bonds. The van der Waals surface area contributed by atoms with Crippen LogP contribution in [0.15, 0.2) is 54.6 Å². The minimum Gasteiger partial charge on any atom is -0.423 e. The predicted molar refractivity (Wildman–Crippen MR) is 81.8 cm³/mol. The van der Waals surface area contributed by atoms with E-state index in [-0.39, 0.29) is 12.2 Å². The predicted octanol–water partition coefficient (Wildman–Crippen LogP) is 2.82. The van der Waals surface area contributed by atoms with E-state index >= 15 is 0 Å². The van der Waals surface area contributed by atoms with Crippen LogP contribution in [-0.2, 0) is 9.59 Å². The Kier molecular flexibility index (Phi) is 5.03. The van der Waals surface area contributed by atoms with Crippen molar-refractivity contribution in [2.24, 2.45) is 0 Å². The quantitative estimate of drug-likeness (QED) is 0.523. The summed E-state index contributed by atoms with van der Waals surface area (Å²) in [6.45, 7) is 1.34. The number of hydrogen-bond donors (Lipinski definition) is 1. The average molecular weight is 297 g/mol. The Labute approximate surface area is 127 Å². The molecular weight excluding hydrogens is 282 g/mol. The molecule has 2 rings (SSSR count). The summed E-state index contributed by atoms with van der Waals surface area (Å²) >= 11 is 0. The van der Waals surface area contributed by atoms with Crippen molar-refractivity contribution in [1.82, 2.24) is 0 Å². The molecule has 5 nitrogen and oxygen atoms in total. The van der Waals surface area contributed by atoms with Crippen molar-refractivity contribution >= 4 is 23.3 Å². The van der Waals surface area contributed by atoms with Crippen LogP contribution in [0.3, 0.4) is 0 Å². The number of carbonyl (C=O) groups is 3.